The minimum atomic E-state index is 0.520. The molecular formula is C10H11Br3O2S. The predicted molar refractivity (Wildman–Crippen MR) is 79.7 cm³/mol. The molecule has 0 aromatic heterocycles. The highest BCUT2D eigenvalue weighted by atomic mass is 79.9. The molecule has 0 aliphatic heterocycles. The van der Waals surface area contributed by atoms with Crippen molar-refractivity contribution < 1.29 is 9.47 Å². The fraction of sp³-hybridized carbons (Fsp3) is 0.400. The summed E-state index contributed by atoms with van der Waals surface area (Å²) in [4.78, 5) is 0. The van der Waals surface area contributed by atoms with Gasteiger partial charge in [-0.15, -0.1) is 0 Å². The van der Waals surface area contributed by atoms with Gasteiger partial charge in [0, 0.05) is 10.2 Å². The molecule has 0 heterocycles. The van der Waals surface area contributed by atoms with Crippen molar-refractivity contribution in [3.8, 4) is 5.75 Å². The molecule has 1 aromatic carbocycles. The largest absolute Gasteiger partial charge is 0.489 e. The van der Waals surface area contributed by atoms with E-state index in [1.807, 2.05) is 12.1 Å². The summed E-state index contributed by atoms with van der Waals surface area (Å²) in [5.41, 5.74) is 0. The van der Waals surface area contributed by atoms with Gasteiger partial charge in [-0.05, 0) is 44.0 Å². The van der Waals surface area contributed by atoms with E-state index < -0.39 is 0 Å². The van der Waals surface area contributed by atoms with Crippen LogP contribution < -0.4 is 4.74 Å². The van der Waals surface area contributed by atoms with Crippen LogP contribution in [0.25, 0.3) is 0 Å². The molecule has 6 heteroatoms. The van der Waals surface area contributed by atoms with Gasteiger partial charge in [0.2, 0.25) is 0 Å². The Morgan fingerprint density at radius 2 is 1.62 bits per heavy atom. The van der Waals surface area contributed by atoms with Gasteiger partial charge in [-0.2, -0.15) is 12.6 Å². The van der Waals surface area contributed by atoms with Crippen LogP contribution in [-0.2, 0) is 4.74 Å². The minimum absolute atomic E-state index is 0.520. The van der Waals surface area contributed by atoms with Crippen LogP contribution in [0.1, 0.15) is 0 Å². The van der Waals surface area contributed by atoms with E-state index in [0.29, 0.717) is 19.8 Å². The van der Waals surface area contributed by atoms with Crippen LogP contribution in [0.5, 0.6) is 5.75 Å². The lowest BCUT2D eigenvalue weighted by Crippen LogP contribution is -2.08. The van der Waals surface area contributed by atoms with Gasteiger partial charge in [0.25, 0.3) is 0 Å². The molecular weight excluding hydrogens is 424 g/mol. The maximum atomic E-state index is 5.60. The van der Waals surface area contributed by atoms with Crippen LogP contribution in [0, 0.1) is 0 Å². The molecule has 0 radical (unpaired) electrons. The zero-order valence-electron chi connectivity index (χ0n) is 8.38. The molecule has 0 spiro atoms. The Kier molecular flexibility index (Phi) is 7.39. The van der Waals surface area contributed by atoms with Crippen LogP contribution in [0.3, 0.4) is 0 Å². The number of benzene rings is 1. The Bertz CT molecular complexity index is 324. The zero-order valence-corrected chi connectivity index (χ0v) is 14.0. The molecule has 0 fully saturated rings. The van der Waals surface area contributed by atoms with Crippen molar-refractivity contribution in [3.63, 3.8) is 0 Å². The lowest BCUT2D eigenvalue weighted by atomic mass is 10.3. The number of hydrogen-bond acceptors (Lipinski definition) is 3. The maximum absolute atomic E-state index is 5.60. The summed E-state index contributed by atoms with van der Waals surface area (Å²) in [6.45, 7) is 1.73. The number of rotatable bonds is 6. The first-order chi connectivity index (χ1) is 7.65. The first-order valence-electron chi connectivity index (χ1n) is 4.61. The standard InChI is InChI=1S/C10H11Br3O2S/c11-7-5-8(12)10(9(13)6-7)15-2-1-14-3-4-16/h5-6,16H,1-4H2. The highest BCUT2D eigenvalue weighted by Crippen LogP contribution is 2.36. The van der Waals surface area contributed by atoms with Gasteiger partial charge >= 0.3 is 0 Å². The van der Waals surface area contributed by atoms with Crippen LogP contribution in [-0.4, -0.2) is 25.6 Å². The highest BCUT2D eigenvalue weighted by molar-refractivity contribution is 9.11. The Morgan fingerprint density at radius 3 is 2.19 bits per heavy atom. The van der Waals surface area contributed by atoms with Gasteiger partial charge in [-0.1, -0.05) is 15.9 Å². The van der Waals surface area contributed by atoms with Crippen molar-refractivity contribution >= 4 is 60.4 Å². The van der Waals surface area contributed by atoms with Gasteiger partial charge < -0.3 is 9.47 Å². The summed E-state index contributed by atoms with van der Waals surface area (Å²) in [5.74, 6) is 1.52. The van der Waals surface area contributed by atoms with E-state index in [1.54, 1.807) is 0 Å². The molecule has 0 N–H and O–H groups in total. The van der Waals surface area contributed by atoms with Crippen LogP contribution in [0.15, 0.2) is 25.6 Å². The van der Waals surface area contributed by atoms with Crippen molar-refractivity contribution in [1.29, 1.82) is 0 Å². The highest BCUT2D eigenvalue weighted by Gasteiger charge is 2.07. The number of halogens is 3. The Hall–Kier alpha value is 0.770. The Morgan fingerprint density at radius 1 is 1.00 bits per heavy atom. The van der Waals surface area contributed by atoms with E-state index in [9.17, 15) is 0 Å². The van der Waals surface area contributed by atoms with E-state index in [-0.39, 0.29) is 0 Å². The van der Waals surface area contributed by atoms with Crippen molar-refractivity contribution in [1.82, 2.24) is 0 Å². The molecule has 1 rings (SSSR count). The molecule has 0 saturated heterocycles. The van der Waals surface area contributed by atoms with Gasteiger partial charge in [0.1, 0.15) is 12.4 Å². The summed E-state index contributed by atoms with van der Waals surface area (Å²) >= 11 is 14.3. The maximum Gasteiger partial charge on any atom is 0.147 e. The first-order valence-corrected chi connectivity index (χ1v) is 7.62. The van der Waals surface area contributed by atoms with Gasteiger partial charge in [-0.3, -0.25) is 0 Å². The fourth-order valence-electron chi connectivity index (χ4n) is 1.04. The summed E-state index contributed by atoms with van der Waals surface area (Å²) in [6.07, 6.45) is 0. The average Bonchev–Trinajstić information content (AvgIpc) is 2.20. The topological polar surface area (TPSA) is 18.5 Å². The van der Waals surface area contributed by atoms with Crippen LogP contribution in [0.4, 0.5) is 0 Å². The minimum Gasteiger partial charge on any atom is -0.489 e. The third kappa shape index (κ3) is 4.96. The lowest BCUT2D eigenvalue weighted by molar-refractivity contribution is 0.111. The third-order valence-electron chi connectivity index (χ3n) is 1.67. The second-order valence-electron chi connectivity index (χ2n) is 2.88. The fourth-order valence-corrected chi connectivity index (χ4v) is 3.65. The quantitative estimate of drug-likeness (QED) is 0.531. The van der Waals surface area contributed by atoms with Gasteiger partial charge in [0.15, 0.2) is 0 Å². The number of thiol groups is 1. The smallest absolute Gasteiger partial charge is 0.147 e. The normalized spacial score (nSPS) is 10.5. The van der Waals surface area contributed by atoms with Crippen molar-refractivity contribution in [2.75, 3.05) is 25.6 Å². The average molecular weight is 435 g/mol. The molecule has 1 aromatic rings. The van der Waals surface area contributed by atoms with E-state index in [4.69, 9.17) is 9.47 Å². The molecule has 0 aliphatic rings. The molecule has 0 unspecified atom stereocenters. The third-order valence-corrected chi connectivity index (χ3v) is 3.49. The summed E-state index contributed by atoms with van der Waals surface area (Å²) in [6, 6.07) is 3.88. The Balaban J connectivity index is 2.47. The van der Waals surface area contributed by atoms with Crippen LogP contribution >= 0.6 is 60.4 Å². The molecule has 0 saturated carbocycles. The second-order valence-corrected chi connectivity index (χ2v) is 5.95. The van der Waals surface area contributed by atoms with E-state index in [2.05, 4.69) is 60.4 Å². The SMILES string of the molecule is SCCOCCOc1c(Br)cc(Br)cc1Br. The van der Waals surface area contributed by atoms with E-state index in [0.717, 1.165) is 24.9 Å². The van der Waals surface area contributed by atoms with Gasteiger partial charge in [-0.25, -0.2) is 0 Å². The van der Waals surface area contributed by atoms with Gasteiger partial charge in [0.05, 0.1) is 22.2 Å². The van der Waals surface area contributed by atoms with E-state index in [1.165, 1.54) is 0 Å². The molecule has 16 heavy (non-hydrogen) atoms. The number of ether oxygens (including phenoxy) is 2. The van der Waals surface area contributed by atoms with Crippen molar-refractivity contribution in [2.45, 2.75) is 0 Å². The molecule has 0 bridgehead atoms. The predicted octanol–water partition coefficient (Wildman–Crippen LogP) is 4.30. The first kappa shape index (κ1) is 14.8. The van der Waals surface area contributed by atoms with Crippen LogP contribution in [0.2, 0.25) is 0 Å². The Labute approximate surface area is 126 Å². The molecule has 90 valence electrons. The molecule has 2 nitrogen and oxygen atoms in total. The van der Waals surface area contributed by atoms with E-state index >= 15 is 0 Å². The lowest BCUT2D eigenvalue weighted by Gasteiger charge is -2.10. The van der Waals surface area contributed by atoms with Crippen molar-refractivity contribution in [2.24, 2.45) is 0 Å². The monoisotopic (exact) mass is 432 g/mol. The van der Waals surface area contributed by atoms with Crippen molar-refractivity contribution in [3.05, 3.63) is 25.6 Å². The summed E-state index contributed by atoms with van der Waals surface area (Å²) in [5, 5.41) is 0. The zero-order chi connectivity index (χ0) is 12.0. The molecule has 0 aliphatic carbocycles. The number of hydrogen-bond donors (Lipinski definition) is 1. The summed E-state index contributed by atoms with van der Waals surface area (Å²) in [7, 11) is 0. The molecule has 0 amide bonds. The molecule has 0 atom stereocenters. The second kappa shape index (κ2) is 7.97. The summed E-state index contributed by atoms with van der Waals surface area (Å²) < 4.78 is 13.7.